The van der Waals surface area contributed by atoms with E-state index in [0.717, 1.165) is 93.2 Å². The average molecular weight is 971 g/mol. The second-order valence-corrected chi connectivity index (χ2v) is 20.9. The van der Waals surface area contributed by atoms with E-state index in [2.05, 4.69) is 89.3 Å². The van der Waals surface area contributed by atoms with Crippen molar-refractivity contribution in [2.75, 3.05) is 76.9 Å². The first-order valence-electron chi connectivity index (χ1n) is 25.4. The Labute approximate surface area is 419 Å². The van der Waals surface area contributed by atoms with Crippen LogP contribution in [0.15, 0.2) is 79.0 Å². The number of aromatic nitrogens is 2. The first-order chi connectivity index (χ1) is 34.0. The summed E-state index contributed by atoms with van der Waals surface area (Å²) in [4.78, 5) is 50.1. The third-order valence-corrected chi connectivity index (χ3v) is 14.6. The first-order valence-corrected chi connectivity index (χ1v) is 25.4. The second-order valence-electron chi connectivity index (χ2n) is 20.9. The number of hydrogen-bond acceptors (Lipinski definition) is 12. The van der Waals surface area contributed by atoms with E-state index >= 15 is 0 Å². The molecule has 15 heteroatoms. The van der Waals surface area contributed by atoms with E-state index in [4.69, 9.17) is 24.9 Å². The number of piperazine rings is 1. The monoisotopic (exact) mass is 971 g/mol. The van der Waals surface area contributed by atoms with Crippen LogP contribution in [-0.4, -0.2) is 121 Å². The van der Waals surface area contributed by atoms with Crippen molar-refractivity contribution >= 4 is 40.1 Å². The lowest BCUT2D eigenvalue weighted by Crippen LogP contribution is -2.59. The number of hydrazine groups is 1. The van der Waals surface area contributed by atoms with E-state index in [-0.39, 0.29) is 50.2 Å². The van der Waals surface area contributed by atoms with Crippen molar-refractivity contribution in [2.24, 2.45) is 23.0 Å². The number of pyridine rings is 1. The number of carboxylic acid groups (broad SMARTS) is 1. The Morgan fingerprint density at radius 3 is 2.45 bits per heavy atom. The summed E-state index contributed by atoms with van der Waals surface area (Å²) in [5.74, 6) is -2.33. The quantitative estimate of drug-likeness (QED) is 0.0792. The number of rotatable bonds is 14. The van der Waals surface area contributed by atoms with E-state index in [9.17, 15) is 19.5 Å². The maximum atomic E-state index is 14.1. The highest BCUT2D eigenvalue weighted by Gasteiger charge is 2.35. The van der Waals surface area contributed by atoms with Gasteiger partial charge in [0, 0.05) is 73.9 Å². The van der Waals surface area contributed by atoms with E-state index in [0.29, 0.717) is 32.4 Å². The topological polar surface area (TPSA) is 177 Å². The molecule has 380 valence electrons. The lowest BCUT2D eigenvalue weighted by molar-refractivity contribution is -0.155. The third-order valence-electron chi connectivity index (χ3n) is 14.6. The van der Waals surface area contributed by atoms with Crippen LogP contribution in [0.1, 0.15) is 88.9 Å². The molecule has 3 aliphatic rings. The van der Waals surface area contributed by atoms with Crippen LogP contribution in [0.4, 0.5) is 11.4 Å². The molecule has 2 saturated heterocycles. The predicted molar refractivity (Wildman–Crippen MR) is 279 cm³/mol. The van der Waals surface area contributed by atoms with Gasteiger partial charge in [-0.05, 0) is 111 Å². The largest absolute Gasteiger partial charge is 0.481 e. The van der Waals surface area contributed by atoms with Crippen molar-refractivity contribution < 1.29 is 33.7 Å². The number of likely N-dealkylation sites (N-methyl/N-ethyl adjacent to an activating group) is 1. The van der Waals surface area contributed by atoms with Crippen LogP contribution in [0.25, 0.3) is 33.3 Å². The number of nitrogens with zero attached hydrogens (tertiary/aromatic N) is 5. The first kappa shape index (κ1) is 51.5. The molecular formula is C56H74N8O7. The van der Waals surface area contributed by atoms with Crippen LogP contribution in [0.2, 0.25) is 0 Å². The number of aliphatic carboxylic acids is 1. The van der Waals surface area contributed by atoms with Gasteiger partial charge in [0.2, 0.25) is 0 Å². The maximum Gasteiger partial charge on any atom is 0.324 e. The molecular weight excluding hydrogens is 897 g/mol. The van der Waals surface area contributed by atoms with Crippen molar-refractivity contribution in [2.45, 2.75) is 98.0 Å². The number of carboxylic acids is 1. The standard InChI is InChI=1S/C56H74N8O7/c1-9-63-50-18-17-39-28-43(50)45(52(63)44-29-42(31-58-51(44)36(4)69-8)62-22-20-61(7)21-23-62)30-56(5,6)34-71-55(68)48-16-13-19-64(60-48)53(65)47(57)26-37-24-40(39)27-41(25-37)59-49(38-14-11-10-12-15-38)33-70-32-46(35(2)3)54(66)67/h10-12,14-15,17-18,24-25,27-29,31,35-36,46-49,59-60H,9,13,16,19-23,26,30,32-34,57H2,1-8H3,(H,66,67)/t36-,46-,47-,48-,49+/m0/s1. The lowest BCUT2D eigenvalue weighted by Gasteiger charge is -2.35. The Hall–Kier alpha value is -5.84. The number of ether oxygens (including phenoxy) is 3. The summed E-state index contributed by atoms with van der Waals surface area (Å²) in [7, 11) is 3.88. The van der Waals surface area contributed by atoms with Gasteiger partial charge in [0.05, 0.1) is 67.2 Å². The fourth-order valence-electron chi connectivity index (χ4n) is 10.3. The number of hydrogen-bond donors (Lipinski definition) is 4. The number of carbonyl (C=O) groups is 3. The highest BCUT2D eigenvalue weighted by molar-refractivity contribution is 5.96. The summed E-state index contributed by atoms with van der Waals surface area (Å²) in [5.41, 5.74) is 20.2. The van der Waals surface area contributed by atoms with Gasteiger partial charge in [-0.1, -0.05) is 70.2 Å². The number of nitrogens with two attached hydrogens (primary N) is 1. The smallest absolute Gasteiger partial charge is 0.324 e. The number of amides is 1. The summed E-state index contributed by atoms with van der Waals surface area (Å²) < 4.78 is 20.8. The van der Waals surface area contributed by atoms with Gasteiger partial charge in [0.25, 0.3) is 5.91 Å². The summed E-state index contributed by atoms with van der Waals surface area (Å²) in [6, 6.07) is 23.2. The maximum absolute atomic E-state index is 14.1. The van der Waals surface area contributed by atoms with Crippen LogP contribution in [-0.2, 0) is 48.0 Å². The SMILES string of the molecule is CCn1c(-c2cc(N3CCN(C)CC3)cnc2[C@H](C)OC)c2c3cc(ccc31)-c1cc(cc(N[C@H](COC[C@H](C(=O)O)C(C)C)c3ccccc3)c1)C[C@H](N)C(=O)N1CCC[C@H](N1)C(=O)OCC(C)(C)C2. The van der Waals surface area contributed by atoms with Crippen molar-refractivity contribution in [3.05, 3.63) is 101 Å². The summed E-state index contributed by atoms with van der Waals surface area (Å²) >= 11 is 0. The molecule has 0 aliphatic carbocycles. The molecule has 0 spiro atoms. The van der Waals surface area contributed by atoms with Crippen LogP contribution in [0, 0.1) is 17.3 Å². The zero-order valence-corrected chi connectivity index (χ0v) is 42.9. The van der Waals surface area contributed by atoms with Crippen LogP contribution < -0.4 is 21.4 Å². The Balaban J connectivity index is 1.30. The van der Waals surface area contributed by atoms with Crippen molar-refractivity contribution in [3.8, 4) is 22.4 Å². The number of carbonyl (C=O) groups excluding carboxylic acids is 2. The molecule has 1 amide bonds. The Morgan fingerprint density at radius 1 is 0.986 bits per heavy atom. The van der Waals surface area contributed by atoms with Crippen molar-refractivity contribution in [3.63, 3.8) is 0 Å². The number of benzene rings is 3. The number of anilines is 2. The van der Waals surface area contributed by atoms with E-state index in [1.807, 2.05) is 63.4 Å². The molecule has 5 heterocycles. The lowest BCUT2D eigenvalue weighted by atomic mass is 9.84. The Bertz CT molecular complexity index is 2680. The van der Waals surface area contributed by atoms with Gasteiger partial charge in [0.1, 0.15) is 6.04 Å². The molecule has 0 saturated carbocycles. The number of methoxy groups -OCH3 is 1. The molecule has 5 atom stereocenters. The molecule has 6 bridgehead atoms. The molecule has 8 rings (SSSR count). The van der Waals surface area contributed by atoms with Gasteiger partial charge in [0.15, 0.2) is 0 Å². The van der Waals surface area contributed by atoms with Gasteiger partial charge in [-0.2, -0.15) is 0 Å². The zero-order valence-electron chi connectivity index (χ0n) is 42.9. The molecule has 5 aromatic rings. The van der Waals surface area contributed by atoms with Gasteiger partial charge in [-0.25, -0.2) is 5.43 Å². The number of nitrogens with one attached hydrogen (secondary N) is 2. The summed E-state index contributed by atoms with van der Waals surface area (Å²) in [5, 5.41) is 16.2. The molecule has 71 heavy (non-hydrogen) atoms. The minimum atomic E-state index is -0.912. The van der Waals surface area contributed by atoms with Gasteiger partial charge >= 0.3 is 11.9 Å². The molecule has 2 aromatic heterocycles. The van der Waals surface area contributed by atoms with Crippen molar-refractivity contribution in [1.29, 1.82) is 0 Å². The molecule has 15 nitrogen and oxygen atoms in total. The van der Waals surface area contributed by atoms with Crippen LogP contribution in [0.5, 0.6) is 0 Å². The molecule has 0 radical (unpaired) electrons. The fraction of sp³-hybridized carbons (Fsp3) is 0.500. The van der Waals surface area contributed by atoms with Gasteiger partial charge in [-0.3, -0.25) is 24.4 Å². The minimum Gasteiger partial charge on any atom is -0.481 e. The van der Waals surface area contributed by atoms with E-state index in [1.165, 1.54) is 5.01 Å². The summed E-state index contributed by atoms with van der Waals surface area (Å²) in [6.07, 6.45) is 3.65. The van der Waals surface area contributed by atoms with Gasteiger partial charge < -0.3 is 44.7 Å². The number of fused-ring (bicyclic) bond motifs is 6. The fourth-order valence-corrected chi connectivity index (χ4v) is 10.3. The summed E-state index contributed by atoms with van der Waals surface area (Å²) in [6.45, 7) is 17.6. The third kappa shape index (κ3) is 11.8. The van der Waals surface area contributed by atoms with Gasteiger partial charge in [-0.15, -0.1) is 0 Å². The molecule has 0 unspecified atom stereocenters. The number of aryl methyl sites for hydroxylation is 1. The average Bonchev–Trinajstić information content (AvgIpc) is 3.67. The second kappa shape index (κ2) is 22.3. The number of cyclic esters (lactones) is 1. The predicted octanol–water partition coefficient (Wildman–Crippen LogP) is 7.87. The van der Waals surface area contributed by atoms with Crippen molar-refractivity contribution in [1.82, 2.24) is 24.9 Å². The highest BCUT2D eigenvalue weighted by atomic mass is 16.5. The zero-order chi connectivity index (χ0) is 50.6. The van der Waals surface area contributed by atoms with Crippen LogP contribution in [0.3, 0.4) is 0 Å². The molecule has 5 N–H and O–H groups in total. The van der Waals surface area contributed by atoms with Crippen LogP contribution >= 0.6 is 0 Å². The highest BCUT2D eigenvalue weighted by Crippen LogP contribution is 2.43. The minimum absolute atomic E-state index is 0.0734. The number of esters is 1. The molecule has 2 fully saturated rings. The molecule has 3 aromatic carbocycles. The Morgan fingerprint density at radius 2 is 1.75 bits per heavy atom. The normalized spacial score (nSPS) is 20.4. The Kier molecular flexibility index (Phi) is 16.2. The van der Waals surface area contributed by atoms with E-state index < -0.39 is 35.4 Å². The van der Waals surface area contributed by atoms with E-state index in [1.54, 1.807) is 7.11 Å². The molecule has 3 aliphatic heterocycles.